The van der Waals surface area contributed by atoms with Crippen molar-refractivity contribution in [2.24, 2.45) is 29.1 Å². The Morgan fingerprint density at radius 1 is 1.12 bits per heavy atom. The molecule has 2 aromatic rings. The standard InChI is InChI=1S/C32H30ClFN2O5/c1-4-7-16-8-6-9-20(27(16)37)26-18-11-12-19-25(30(40)35(5-2)28(19)38)21(18)15-22-29(39)36(31(41)32(22,26)3)17-10-13-24(34)23(33)14-17/h4,6,8-11,13-14,19,21-22,25-26,37H,1,5,7,12,15H2,2-3H3. The molecule has 2 saturated heterocycles. The Bertz CT molecular complexity index is 1570. The summed E-state index contributed by atoms with van der Waals surface area (Å²) in [7, 11) is 0. The fourth-order valence-corrected chi connectivity index (χ4v) is 7.95. The number of fused-ring (bicyclic) bond motifs is 4. The van der Waals surface area contributed by atoms with E-state index in [0.29, 0.717) is 24.0 Å². The molecule has 0 bridgehead atoms. The molecule has 1 N–H and O–H groups in total. The van der Waals surface area contributed by atoms with Crippen molar-refractivity contribution in [2.75, 3.05) is 11.4 Å². The second-order valence-electron chi connectivity index (χ2n) is 11.5. The van der Waals surface area contributed by atoms with Crippen LogP contribution < -0.4 is 4.90 Å². The zero-order chi connectivity index (χ0) is 29.4. The molecule has 2 aromatic carbocycles. The number of likely N-dealkylation sites (tertiary alicyclic amines) is 1. The van der Waals surface area contributed by atoms with Gasteiger partial charge < -0.3 is 5.11 Å². The zero-order valence-corrected chi connectivity index (χ0v) is 23.5. The van der Waals surface area contributed by atoms with E-state index in [2.05, 4.69) is 6.58 Å². The third-order valence-electron chi connectivity index (χ3n) is 9.67. The first-order valence-electron chi connectivity index (χ1n) is 13.9. The quantitative estimate of drug-likeness (QED) is 0.392. The number of phenolic OH excluding ortho intramolecular Hbond substituents is 1. The first-order valence-corrected chi connectivity index (χ1v) is 14.2. The van der Waals surface area contributed by atoms with Gasteiger partial charge in [-0.3, -0.25) is 24.1 Å². The van der Waals surface area contributed by atoms with Crippen molar-refractivity contribution in [3.8, 4) is 5.75 Å². The number of para-hydroxylation sites is 1. The second kappa shape index (κ2) is 9.65. The number of carbonyl (C=O) groups excluding carboxylic acids is 4. The molecule has 2 aliphatic heterocycles. The first-order chi connectivity index (χ1) is 19.6. The Balaban J connectivity index is 1.55. The summed E-state index contributed by atoms with van der Waals surface area (Å²) in [5.41, 5.74) is 0.723. The van der Waals surface area contributed by atoms with Gasteiger partial charge in [-0.05, 0) is 62.8 Å². The van der Waals surface area contributed by atoms with Crippen LogP contribution in [0.3, 0.4) is 0 Å². The van der Waals surface area contributed by atoms with Crippen LogP contribution >= 0.6 is 11.6 Å². The number of benzene rings is 2. The van der Waals surface area contributed by atoms with Gasteiger partial charge in [-0.1, -0.05) is 47.5 Å². The van der Waals surface area contributed by atoms with Crippen LogP contribution in [0.2, 0.25) is 5.02 Å². The lowest BCUT2D eigenvalue weighted by atomic mass is 9.51. The molecular weight excluding hydrogens is 547 g/mol. The summed E-state index contributed by atoms with van der Waals surface area (Å²) in [6, 6.07) is 9.03. The van der Waals surface area contributed by atoms with Crippen LogP contribution in [0, 0.1) is 34.9 Å². The average Bonchev–Trinajstić information content (AvgIpc) is 3.31. The fourth-order valence-electron chi connectivity index (χ4n) is 7.77. The molecule has 2 aliphatic carbocycles. The third-order valence-corrected chi connectivity index (χ3v) is 9.96. The molecule has 4 aliphatic rings. The maximum Gasteiger partial charge on any atom is 0.241 e. The molecule has 3 fully saturated rings. The lowest BCUT2D eigenvalue weighted by Gasteiger charge is -2.49. The van der Waals surface area contributed by atoms with Gasteiger partial charge in [0.25, 0.3) is 0 Å². The number of anilines is 1. The van der Waals surface area contributed by atoms with Crippen molar-refractivity contribution in [1.29, 1.82) is 0 Å². The molecule has 212 valence electrons. The maximum absolute atomic E-state index is 14.4. The molecule has 6 rings (SSSR count). The van der Waals surface area contributed by atoms with E-state index in [4.69, 9.17) is 11.6 Å². The van der Waals surface area contributed by atoms with Gasteiger partial charge in [0.05, 0.1) is 33.9 Å². The van der Waals surface area contributed by atoms with E-state index in [1.165, 1.54) is 17.0 Å². The summed E-state index contributed by atoms with van der Waals surface area (Å²) in [6.45, 7) is 7.53. The van der Waals surface area contributed by atoms with Crippen LogP contribution in [0.4, 0.5) is 10.1 Å². The molecule has 6 unspecified atom stereocenters. The molecule has 0 spiro atoms. The summed E-state index contributed by atoms with van der Waals surface area (Å²) in [6.07, 6.45) is 4.53. The highest BCUT2D eigenvalue weighted by molar-refractivity contribution is 6.31. The van der Waals surface area contributed by atoms with Gasteiger partial charge in [-0.15, -0.1) is 6.58 Å². The summed E-state index contributed by atoms with van der Waals surface area (Å²) in [5, 5.41) is 11.3. The normalized spacial score (nSPS) is 30.7. The summed E-state index contributed by atoms with van der Waals surface area (Å²) in [5.74, 6) is -5.35. The fraction of sp³-hybridized carbons (Fsp3) is 0.375. The van der Waals surface area contributed by atoms with Crippen molar-refractivity contribution < 1.29 is 28.7 Å². The van der Waals surface area contributed by atoms with Crippen molar-refractivity contribution in [1.82, 2.24) is 4.90 Å². The number of amides is 4. The Labute approximate surface area is 242 Å². The number of aromatic hydroxyl groups is 1. The number of hydrogen-bond acceptors (Lipinski definition) is 5. The van der Waals surface area contributed by atoms with Crippen LogP contribution in [0.5, 0.6) is 5.75 Å². The van der Waals surface area contributed by atoms with E-state index >= 15 is 0 Å². The minimum Gasteiger partial charge on any atom is -0.507 e. The van der Waals surface area contributed by atoms with Gasteiger partial charge in [0, 0.05) is 18.0 Å². The number of allylic oxidation sites excluding steroid dienone is 3. The number of imide groups is 2. The topological polar surface area (TPSA) is 95.0 Å². The van der Waals surface area contributed by atoms with Crippen LogP contribution in [0.1, 0.15) is 43.7 Å². The lowest BCUT2D eigenvalue weighted by Crippen LogP contribution is -2.49. The van der Waals surface area contributed by atoms with Crippen LogP contribution in [0.25, 0.3) is 0 Å². The van der Waals surface area contributed by atoms with E-state index in [1.54, 1.807) is 38.1 Å². The van der Waals surface area contributed by atoms with Crippen LogP contribution in [-0.4, -0.2) is 40.2 Å². The second-order valence-corrected chi connectivity index (χ2v) is 11.9. The minimum atomic E-state index is -1.33. The maximum atomic E-state index is 14.4. The highest BCUT2D eigenvalue weighted by Gasteiger charge is 2.67. The number of halogens is 2. The van der Waals surface area contributed by atoms with Gasteiger partial charge >= 0.3 is 0 Å². The summed E-state index contributed by atoms with van der Waals surface area (Å²) < 4.78 is 14.0. The predicted octanol–water partition coefficient (Wildman–Crippen LogP) is 5.16. The lowest BCUT2D eigenvalue weighted by molar-refractivity contribution is -0.140. The predicted molar refractivity (Wildman–Crippen MR) is 150 cm³/mol. The molecule has 0 aromatic heterocycles. The van der Waals surface area contributed by atoms with Crippen LogP contribution in [-0.2, 0) is 25.6 Å². The molecule has 6 atom stereocenters. The number of nitrogens with zero attached hydrogens (tertiary/aromatic N) is 2. The van der Waals surface area contributed by atoms with E-state index < -0.39 is 52.6 Å². The number of hydrogen-bond donors (Lipinski definition) is 1. The molecule has 7 nitrogen and oxygen atoms in total. The first kappa shape index (κ1) is 27.4. The van der Waals surface area contributed by atoms with E-state index in [9.17, 15) is 28.7 Å². The summed E-state index contributed by atoms with van der Waals surface area (Å²) in [4.78, 5) is 57.6. The Morgan fingerprint density at radius 3 is 2.56 bits per heavy atom. The molecule has 0 radical (unpaired) electrons. The molecule has 2 heterocycles. The van der Waals surface area contributed by atoms with Crippen molar-refractivity contribution >= 4 is 40.9 Å². The van der Waals surface area contributed by atoms with Gasteiger partial charge in [0.1, 0.15) is 11.6 Å². The summed E-state index contributed by atoms with van der Waals surface area (Å²) >= 11 is 6.04. The smallest absolute Gasteiger partial charge is 0.241 e. The SMILES string of the molecule is C=CCc1cccc(C2C3=CCC4C(=O)N(CC)C(=O)C4C3CC3C(=O)N(c4ccc(F)c(Cl)c4)C(=O)C32C)c1O. The Hall–Kier alpha value is -3.78. The number of phenols is 1. The average molecular weight is 577 g/mol. The van der Waals surface area contributed by atoms with Crippen molar-refractivity contribution in [3.05, 3.63) is 82.7 Å². The van der Waals surface area contributed by atoms with Gasteiger partial charge in [-0.25, -0.2) is 9.29 Å². The zero-order valence-electron chi connectivity index (χ0n) is 22.8. The molecule has 1 saturated carbocycles. The van der Waals surface area contributed by atoms with Crippen molar-refractivity contribution in [3.63, 3.8) is 0 Å². The van der Waals surface area contributed by atoms with Gasteiger partial charge in [0.15, 0.2) is 0 Å². The van der Waals surface area contributed by atoms with Gasteiger partial charge in [0.2, 0.25) is 23.6 Å². The number of rotatable bonds is 5. The molecule has 4 amide bonds. The van der Waals surface area contributed by atoms with Crippen molar-refractivity contribution in [2.45, 2.75) is 39.0 Å². The molecule has 41 heavy (non-hydrogen) atoms. The highest BCUT2D eigenvalue weighted by Crippen LogP contribution is 2.64. The molecule has 9 heteroatoms. The largest absolute Gasteiger partial charge is 0.507 e. The molecular formula is C32H30ClFN2O5. The monoisotopic (exact) mass is 576 g/mol. The Kier molecular flexibility index (Phi) is 6.45. The highest BCUT2D eigenvalue weighted by atomic mass is 35.5. The Morgan fingerprint density at radius 2 is 1.88 bits per heavy atom. The van der Waals surface area contributed by atoms with Gasteiger partial charge in [-0.2, -0.15) is 0 Å². The van der Waals surface area contributed by atoms with Crippen LogP contribution in [0.15, 0.2) is 60.7 Å². The number of carbonyl (C=O) groups is 4. The third kappa shape index (κ3) is 3.69. The minimum absolute atomic E-state index is 0.00795. The van der Waals surface area contributed by atoms with E-state index in [-0.39, 0.29) is 41.2 Å². The van der Waals surface area contributed by atoms with E-state index in [0.717, 1.165) is 16.5 Å². The van der Waals surface area contributed by atoms with E-state index in [1.807, 2.05) is 6.08 Å².